The molecule has 0 bridgehead atoms. The molecule has 0 aliphatic rings. The summed E-state index contributed by atoms with van der Waals surface area (Å²) in [7, 11) is 0. The molecular formula is C53H96O6. The van der Waals surface area contributed by atoms with E-state index in [-0.39, 0.29) is 31.1 Å². The number of unbranched alkanes of at least 4 members (excludes halogenated alkanes) is 30. The zero-order chi connectivity index (χ0) is 43.0. The Morgan fingerprint density at radius 3 is 0.966 bits per heavy atom. The van der Waals surface area contributed by atoms with Gasteiger partial charge >= 0.3 is 17.9 Å². The molecule has 0 radical (unpaired) electrons. The third-order valence-corrected chi connectivity index (χ3v) is 11.1. The van der Waals surface area contributed by atoms with Crippen LogP contribution in [0.3, 0.4) is 0 Å². The SMILES string of the molecule is CCCCCCCC/C=C\CCCCCC(=O)OC(COC(=O)CCCCC/C=C\C=C/CCCCCCCCC)COC(=O)CCCCCCCCCCCCCC. The second-order valence-electron chi connectivity index (χ2n) is 17.1. The van der Waals surface area contributed by atoms with Crippen LogP contribution in [0.5, 0.6) is 0 Å². The van der Waals surface area contributed by atoms with Crippen LogP contribution in [0.15, 0.2) is 36.5 Å². The molecular weight excluding hydrogens is 733 g/mol. The first-order valence-electron chi connectivity index (χ1n) is 25.5. The quantitative estimate of drug-likeness (QED) is 0.0200. The zero-order valence-electron chi connectivity index (χ0n) is 39.3. The maximum atomic E-state index is 12.8. The third-order valence-electron chi connectivity index (χ3n) is 11.1. The van der Waals surface area contributed by atoms with Crippen LogP contribution in [-0.4, -0.2) is 37.2 Å². The van der Waals surface area contributed by atoms with Crippen molar-refractivity contribution in [1.82, 2.24) is 0 Å². The fourth-order valence-electron chi connectivity index (χ4n) is 7.25. The van der Waals surface area contributed by atoms with Gasteiger partial charge in [0, 0.05) is 19.3 Å². The van der Waals surface area contributed by atoms with Crippen molar-refractivity contribution < 1.29 is 28.6 Å². The van der Waals surface area contributed by atoms with Crippen LogP contribution in [0.1, 0.15) is 265 Å². The van der Waals surface area contributed by atoms with E-state index in [9.17, 15) is 14.4 Å². The second-order valence-corrected chi connectivity index (χ2v) is 17.1. The summed E-state index contributed by atoms with van der Waals surface area (Å²) in [6, 6.07) is 0. The second kappa shape index (κ2) is 48.3. The normalized spacial score (nSPS) is 12.3. The summed E-state index contributed by atoms with van der Waals surface area (Å²) < 4.78 is 16.7. The van der Waals surface area contributed by atoms with E-state index in [0.29, 0.717) is 19.3 Å². The maximum absolute atomic E-state index is 12.8. The smallest absolute Gasteiger partial charge is 0.306 e. The minimum Gasteiger partial charge on any atom is -0.462 e. The van der Waals surface area contributed by atoms with E-state index in [1.807, 2.05) is 0 Å². The molecule has 6 heteroatoms. The van der Waals surface area contributed by atoms with Crippen molar-refractivity contribution >= 4 is 17.9 Å². The molecule has 6 nitrogen and oxygen atoms in total. The molecule has 59 heavy (non-hydrogen) atoms. The molecule has 0 heterocycles. The fraction of sp³-hybridized carbons (Fsp3) is 0.830. The van der Waals surface area contributed by atoms with Crippen LogP contribution >= 0.6 is 0 Å². The standard InChI is InChI=1S/C53H96O6/c1-4-7-10-13-16-19-22-25-26-27-29-31-34-37-40-43-46-52(55)58-49-50(48-57-51(54)45-42-39-36-33-30-24-21-18-15-12-9-6-3)59-53(56)47-44-41-38-35-32-28-23-20-17-14-11-8-5-2/h26-29,31-32,50H,4-25,30,33-49H2,1-3H3/b27-26-,31-29-,32-28-. The van der Waals surface area contributed by atoms with Gasteiger partial charge in [-0.3, -0.25) is 14.4 Å². The van der Waals surface area contributed by atoms with Crippen molar-refractivity contribution in [3.8, 4) is 0 Å². The first-order chi connectivity index (χ1) is 29.0. The van der Waals surface area contributed by atoms with Crippen molar-refractivity contribution in [1.29, 1.82) is 0 Å². The Morgan fingerprint density at radius 2 is 0.610 bits per heavy atom. The molecule has 0 rings (SSSR count). The molecule has 0 spiro atoms. The molecule has 1 unspecified atom stereocenters. The molecule has 0 aromatic rings. The lowest BCUT2D eigenvalue weighted by Gasteiger charge is -2.18. The van der Waals surface area contributed by atoms with Crippen LogP contribution in [0.2, 0.25) is 0 Å². The van der Waals surface area contributed by atoms with Gasteiger partial charge in [0.25, 0.3) is 0 Å². The predicted molar refractivity (Wildman–Crippen MR) is 252 cm³/mol. The highest BCUT2D eigenvalue weighted by Gasteiger charge is 2.19. The number of carbonyl (C=O) groups excluding carboxylic acids is 3. The Morgan fingerprint density at radius 1 is 0.339 bits per heavy atom. The van der Waals surface area contributed by atoms with Gasteiger partial charge in [-0.1, -0.05) is 211 Å². The van der Waals surface area contributed by atoms with Crippen molar-refractivity contribution in [2.45, 2.75) is 271 Å². The molecule has 0 aliphatic heterocycles. The van der Waals surface area contributed by atoms with E-state index in [0.717, 1.165) is 83.5 Å². The number of carbonyl (C=O) groups is 3. The average molecular weight is 829 g/mol. The van der Waals surface area contributed by atoms with E-state index in [1.165, 1.54) is 141 Å². The lowest BCUT2D eigenvalue weighted by atomic mass is 10.0. The minimum absolute atomic E-state index is 0.0840. The van der Waals surface area contributed by atoms with E-state index in [2.05, 4.69) is 57.2 Å². The lowest BCUT2D eigenvalue weighted by molar-refractivity contribution is -0.167. The van der Waals surface area contributed by atoms with Crippen molar-refractivity contribution in [2.75, 3.05) is 13.2 Å². The fourth-order valence-corrected chi connectivity index (χ4v) is 7.25. The Kier molecular flexibility index (Phi) is 46.4. The summed E-state index contributed by atoms with van der Waals surface area (Å²) in [4.78, 5) is 37.9. The van der Waals surface area contributed by atoms with Gasteiger partial charge in [-0.2, -0.15) is 0 Å². The van der Waals surface area contributed by atoms with Gasteiger partial charge in [0.1, 0.15) is 13.2 Å². The van der Waals surface area contributed by atoms with Crippen molar-refractivity contribution in [3.05, 3.63) is 36.5 Å². The largest absolute Gasteiger partial charge is 0.462 e. The summed E-state index contributed by atoms with van der Waals surface area (Å²) in [6.45, 7) is 6.60. The summed E-state index contributed by atoms with van der Waals surface area (Å²) >= 11 is 0. The van der Waals surface area contributed by atoms with Crippen LogP contribution in [0.25, 0.3) is 0 Å². The van der Waals surface area contributed by atoms with Gasteiger partial charge < -0.3 is 14.2 Å². The molecule has 0 aliphatic carbocycles. The first kappa shape index (κ1) is 56.6. The number of hydrogen-bond acceptors (Lipinski definition) is 6. The van der Waals surface area contributed by atoms with Gasteiger partial charge in [0.2, 0.25) is 0 Å². The van der Waals surface area contributed by atoms with Gasteiger partial charge in [-0.05, 0) is 70.6 Å². The van der Waals surface area contributed by atoms with Crippen LogP contribution in [-0.2, 0) is 28.6 Å². The summed E-state index contributed by atoms with van der Waals surface area (Å²) in [6.07, 6.45) is 55.5. The number of allylic oxidation sites excluding steroid dienone is 6. The van der Waals surface area contributed by atoms with Gasteiger partial charge in [-0.15, -0.1) is 0 Å². The summed E-state index contributed by atoms with van der Waals surface area (Å²) in [5, 5.41) is 0. The van der Waals surface area contributed by atoms with Crippen LogP contribution in [0, 0.1) is 0 Å². The number of esters is 3. The van der Waals surface area contributed by atoms with Crippen molar-refractivity contribution in [2.24, 2.45) is 0 Å². The maximum Gasteiger partial charge on any atom is 0.306 e. The predicted octanol–water partition coefficient (Wildman–Crippen LogP) is 16.5. The Hall–Kier alpha value is -2.37. The molecule has 344 valence electrons. The first-order valence-corrected chi connectivity index (χ1v) is 25.5. The molecule has 0 saturated heterocycles. The molecule has 1 atom stereocenters. The van der Waals surface area contributed by atoms with E-state index in [1.54, 1.807) is 0 Å². The molecule has 0 amide bonds. The summed E-state index contributed by atoms with van der Waals surface area (Å²) in [5.74, 6) is -0.920. The number of hydrogen-bond donors (Lipinski definition) is 0. The lowest BCUT2D eigenvalue weighted by Crippen LogP contribution is -2.30. The van der Waals surface area contributed by atoms with E-state index in [4.69, 9.17) is 14.2 Å². The average Bonchev–Trinajstić information content (AvgIpc) is 3.23. The third kappa shape index (κ3) is 46.5. The molecule has 0 aromatic carbocycles. The van der Waals surface area contributed by atoms with Crippen LogP contribution in [0.4, 0.5) is 0 Å². The molecule has 0 N–H and O–H groups in total. The van der Waals surface area contributed by atoms with Crippen LogP contribution < -0.4 is 0 Å². The van der Waals surface area contributed by atoms with Gasteiger partial charge in [0.15, 0.2) is 6.10 Å². The summed E-state index contributed by atoms with van der Waals surface area (Å²) in [5.41, 5.74) is 0. The number of rotatable bonds is 46. The highest BCUT2D eigenvalue weighted by molar-refractivity contribution is 5.71. The molecule has 0 aromatic heterocycles. The Bertz CT molecular complexity index is 1000. The zero-order valence-corrected chi connectivity index (χ0v) is 39.3. The highest BCUT2D eigenvalue weighted by atomic mass is 16.6. The molecule has 0 saturated carbocycles. The monoisotopic (exact) mass is 829 g/mol. The van der Waals surface area contributed by atoms with E-state index < -0.39 is 6.10 Å². The van der Waals surface area contributed by atoms with Gasteiger partial charge in [0.05, 0.1) is 0 Å². The van der Waals surface area contributed by atoms with E-state index >= 15 is 0 Å². The number of ether oxygens (including phenoxy) is 3. The minimum atomic E-state index is -0.786. The topological polar surface area (TPSA) is 78.9 Å². The highest BCUT2D eigenvalue weighted by Crippen LogP contribution is 2.15. The van der Waals surface area contributed by atoms with Gasteiger partial charge in [-0.25, -0.2) is 0 Å². The Labute approximate surface area is 365 Å². The Balaban J connectivity index is 4.41. The molecule has 0 fully saturated rings. The van der Waals surface area contributed by atoms with Crippen molar-refractivity contribution in [3.63, 3.8) is 0 Å².